The van der Waals surface area contributed by atoms with Crippen molar-refractivity contribution in [2.75, 3.05) is 19.1 Å². The summed E-state index contributed by atoms with van der Waals surface area (Å²) in [5.41, 5.74) is 1.35. The largest absolute Gasteiger partial charge is 0.507 e. The summed E-state index contributed by atoms with van der Waals surface area (Å²) in [6.07, 6.45) is 0. The van der Waals surface area contributed by atoms with Gasteiger partial charge in [-0.2, -0.15) is 0 Å². The van der Waals surface area contributed by atoms with Gasteiger partial charge >= 0.3 is 0 Å². The van der Waals surface area contributed by atoms with Crippen molar-refractivity contribution in [1.29, 1.82) is 0 Å². The Hall–Kier alpha value is -3.77. The van der Waals surface area contributed by atoms with Gasteiger partial charge in [0.15, 0.2) is 0 Å². The van der Waals surface area contributed by atoms with Gasteiger partial charge in [0, 0.05) is 11.8 Å². The lowest BCUT2D eigenvalue weighted by Crippen LogP contribution is -2.29. The van der Waals surface area contributed by atoms with E-state index in [4.69, 9.17) is 21.1 Å². The molecule has 0 aromatic heterocycles. The normalized spacial score (nSPS) is 17.5. The first-order valence-corrected chi connectivity index (χ1v) is 10.2. The third kappa shape index (κ3) is 3.59. The standard InChI is InChI=1S/C25H20ClNO5/c1-31-19-14-20(32-2)18(26)13-17(19)23(28)21-22(15-9-5-3-6-10-15)27(25(30)24(21)29)16-11-7-4-8-12-16/h3-14,22,28H,1-2H3/b23-21+. The number of halogens is 1. The number of rotatable bonds is 5. The molecule has 1 saturated heterocycles. The van der Waals surface area contributed by atoms with Crippen molar-refractivity contribution < 1.29 is 24.2 Å². The molecule has 1 fully saturated rings. The predicted molar refractivity (Wildman–Crippen MR) is 122 cm³/mol. The van der Waals surface area contributed by atoms with Crippen molar-refractivity contribution in [3.05, 3.63) is 94.5 Å². The Balaban J connectivity index is 1.98. The van der Waals surface area contributed by atoms with Gasteiger partial charge in [-0.05, 0) is 23.8 Å². The minimum Gasteiger partial charge on any atom is -0.507 e. The number of para-hydroxylation sites is 1. The summed E-state index contributed by atoms with van der Waals surface area (Å²) in [7, 11) is 2.89. The summed E-state index contributed by atoms with van der Waals surface area (Å²) in [6.45, 7) is 0. The molecule has 0 saturated carbocycles. The number of Topliss-reactive ketones (excluding diaryl/α,β-unsaturated/α-hetero) is 1. The number of hydrogen-bond acceptors (Lipinski definition) is 5. The van der Waals surface area contributed by atoms with Crippen LogP contribution in [0.2, 0.25) is 5.02 Å². The van der Waals surface area contributed by atoms with Crippen LogP contribution < -0.4 is 14.4 Å². The van der Waals surface area contributed by atoms with Gasteiger partial charge in [-0.25, -0.2) is 0 Å². The molecule has 1 aliphatic rings. The molecular formula is C25H20ClNO5. The van der Waals surface area contributed by atoms with Gasteiger partial charge in [-0.3, -0.25) is 14.5 Å². The zero-order chi connectivity index (χ0) is 22.8. The minimum atomic E-state index is -0.829. The van der Waals surface area contributed by atoms with Crippen LogP contribution in [0.3, 0.4) is 0 Å². The number of carbonyl (C=O) groups excluding carboxylic acids is 2. The first-order chi connectivity index (χ1) is 15.5. The van der Waals surface area contributed by atoms with E-state index in [0.717, 1.165) is 0 Å². The number of benzene rings is 3. The van der Waals surface area contributed by atoms with Gasteiger partial charge in [-0.1, -0.05) is 60.1 Å². The maximum atomic E-state index is 13.2. The number of aliphatic hydroxyl groups excluding tert-OH is 1. The second-order valence-electron chi connectivity index (χ2n) is 7.10. The van der Waals surface area contributed by atoms with Crippen LogP contribution in [-0.2, 0) is 9.59 Å². The molecule has 7 heteroatoms. The number of methoxy groups -OCH3 is 2. The third-order valence-electron chi connectivity index (χ3n) is 5.32. The zero-order valence-corrected chi connectivity index (χ0v) is 18.2. The Morgan fingerprint density at radius 2 is 1.50 bits per heavy atom. The van der Waals surface area contributed by atoms with E-state index < -0.39 is 17.7 Å². The van der Waals surface area contributed by atoms with E-state index in [2.05, 4.69) is 0 Å². The summed E-state index contributed by atoms with van der Waals surface area (Å²) < 4.78 is 10.6. The van der Waals surface area contributed by atoms with Crippen molar-refractivity contribution in [2.45, 2.75) is 6.04 Å². The fourth-order valence-corrected chi connectivity index (χ4v) is 4.07. The SMILES string of the molecule is COc1cc(OC)c(/C(O)=C2\C(=O)C(=O)N(c3ccccc3)C2c2ccccc2)cc1Cl. The predicted octanol–water partition coefficient (Wildman–Crippen LogP) is 4.98. The Morgan fingerprint density at radius 1 is 0.906 bits per heavy atom. The molecule has 1 atom stereocenters. The smallest absolute Gasteiger partial charge is 0.300 e. The molecule has 1 amide bonds. The maximum Gasteiger partial charge on any atom is 0.300 e. The molecule has 0 aliphatic carbocycles. The summed E-state index contributed by atoms with van der Waals surface area (Å²) in [4.78, 5) is 27.7. The average molecular weight is 450 g/mol. The van der Waals surface area contributed by atoms with Crippen LogP contribution in [0.5, 0.6) is 11.5 Å². The number of anilines is 1. The molecule has 1 heterocycles. The minimum absolute atomic E-state index is 0.0513. The molecule has 1 N–H and O–H groups in total. The highest BCUT2D eigenvalue weighted by Gasteiger charge is 2.47. The maximum absolute atomic E-state index is 13.2. The average Bonchev–Trinajstić information content (AvgIpc) is 3.10. The number of carbonyl (C=O) groups is 2. The van der Waals surface area contributed by atoms with E-state index >= 15 is 0 Å². The number of amides is 1. The number of nitrogens with zero attached hydrogens (tertiary/aromatic N) is 1. The lowest BCUT2D eigenvalue weighted by atomic mass is 9.95. The van der Waals surface area contributed by atoms with Crippen molar-refractivity contribution >= 4 is 34.7 Å². The Bertz CT molecular complexity index is 1210. The van der Waals surface area contributed by atoms with Crippen LogP contribution in [-0.4, -0.2) is 31.0 Å². The number of ether oxygens (including phenoxy) is 2. The van der Waals surface area contributed by atoms with Crippen LogP contribution in [0.4, 0.5) is 5.69 Å². The number of aliphatic hydroxyl groups is 1. The Morgan fingerprint density at radius 3 is 2.09 bits per heavy atom. The highest BCUT2D eigenvalue weighted by atomic mass is 35.5. The highest BCUT2D eigenvalue weighted by Crippen LogP contribution is 2.44. The molecule has 162 valence electrons. The Kier molecular flexibility index (Phi) is 5.88. The summed E-state index contributed by atoms with van der Waals surface area (Å²) in [6, 6.07) is 20.1. The fraction of sp³-hybridized carbons (Fsp3) is 0.120. The number of hydrogen-bond donors (Lipinski definition) is 1. The Labute approximate surface area is 190 Å². The van der Waals surface area contributed by atoms with Crippen LogP contribution in [0.15, 0.2) is 78.4 Å². The second-order valence-corrected chi connectivity index (χ2v) is 7.51. The first kappa shape index (κ1) is 21.5. The van der Waals surface area contributed by atoms with Crippen LogP contribution in [0, 0.1) is 0 Å². The van der Waals surface area contributed by atoms with Crippen LogP contribution >= 0.6 is 11.6 Å². The highest BCUT2D eigenvalue weighted by molar-refractivity contribution is 6.51. The van der Waals surface area contributed by atoms with Gasteiger partial charge in [0.05, 0.1) is 36.4 Å². The van der Waals surface area contributed by atoms with E-state index in [-0.39, 0.29) is 27.7 Å². The molecule has 0 spiro atoms. The third-order valence-corrected chi connectivity index (χ3v) is 5.62. The summed E-state index contributed by atoms with van der Waals surface area (Å²) in [5, 5.41) is 11.5. The van der Waals surface area contributed by atoms with E-state index in [1.54, 1.807) is 36.4 Å². The molecule has 32 heavy (non-hydrogen) atoms. The monoisotopic (exact) mass is 449 g/mol. The van der Waals surface area contributed by atoms with Gasteiger partial charge in [0.25, 0.3) is 11.7 Å². The first-order valence-electron chi connectivity index (χ1n) is 9.80. The van der Waals surface area contributed by atoms with Gasteiger partial charge in [0.1, 0.15) is 17.3 Å². The second kappa shape index (κ2) is 8.77. The van der Waals surface area contributed by atoms with E-state index in [0.29, 0.717) is 17.0 Å². The van der Waals surface area contributed by atoms with Crippen LogP contribution in [0.1, 0.15) is 17.2 Å². The van der Waals surface area contributed by atoms with Gasteiger partial charge in [-0.15, -0.1) is 0 Å². The molecule has 0 bridgehead atoms. The van der Waals surface area contributed by atoms with Crippen molar-refractivity contribution in [1.82, 2.24) is 0 Å². The summed E-state index contributed by atoms with van der Waals surface area (Å²) in [5.74, 6) is -1.30. The summed E-state index contributed by atoms with van der Waals surface area (Å²) >= 11 is 6.28. The molecule has 3 aromatic rings. The van der Waals surface area contributed by atoms with E-state index in [1.165, 1.54) is 31.3 Å². The van der Waals surface area contributed by atoms with Crippen molar-refractivity contribution in [3.8, 4) is 11.5 Å². The van der Waals surface area contributed by atoms with Crippen LogP contribution in [0.25, 0.3) is 5.76 Å². The lowest BCUT2D eigenvalue weighted by Gasteiger charge is -2.25. The molecule has 0 radical (unpaired) electrons. The quantitative estimate of drug-likeness (QED) is 0.337. The van der Waals surface area contributed by atoms with Gasteiger partial charge in [0.2, 0.25) is 0 Å². The van der Waals surface area contributed by atoms with E-state index in [9.17, 15) is 14.7 Å². The molecule has 6 nitrogen and oxygen atoms in total. The van der Waals surface area contributed by atoms with Gasteiger partial charge < -0.3 is 14.6 Å². The zero-order valence-electron chi connectivity index (χ0n) is 17.4. The molecule has 1 unspecified atom stereocenters. The van der Waals surface area contributed by atoms with E-state index in [1.807, 2.05) is 24.3 Å². The number of ketones is 1. The molecular weight excluding hydrogens is 430 g/mol. The fourth-order valence-electron chi connectivity index (χ4n) is 3.83. The topological polar surface area (TPSA) is 76.1 Å². The molecule has 4 rings (SSSR count). The lowest BCUT2D eigenvalue weighted by molar-refractivity contribution is -0.132. The molecule has 3 aromatic carbocycles. The molecule has 1 aliphatic heterocycles. The van der Waals surface area contributed by atoms with Crippen molar-refractivity contribution in [2.24, 2.45) is 0 Å². The van der Waals surface area contributed by atoms with Crippen molar-refractivity contribution in [3.63, 3.8) is 0 Å².